The highest BCUT2D eigenvalue weighted by molar-refractivity contribution is 7.16. The van der Waals surface area contributed by atoms with Crippen LogP contribution in [0.5, 0.6) is 0 Å². The van der Waals surface area contributed by atoms with Crippen molar-refractivity contribution in [1.29, 1.82) is 0 Å². The highest BCUT2D eigenvalue weighted by atomic mass is 32.1. The first-order valence-electron chi connectivity index (χ1n) is 8.78. The lowest BCUT2D eigenvalue weighted by atomic mass is 10.1. The van der Waals surface area contributed by atoms with Gasteiger partial charge in [0, 0.05) is 30.2 Å². The van der Waals surface area contributed by atoms with Gasteiger partial charge in [0.1, 0.15) is 11.5 Å². The maximum Gasteiger partial charge on any atom is 0.341 e. The van der Waals surface area contributed by atoms with Crippen molar-refractivity contribution in [2.24, 2.45) is 0 Å². The van der Waals surface area contributed by atoms with Crippen molar-refractivity contribution in [2.45, 2.75) is 20.4 Å². The Morgan fingerprint density at radius 2 is 1.81 bits per heavy atom. The van der Waals surface area contributed by atoms with E-state index in [0.29, 0.717) is 17.1 Å². The van der Waals surface area contributed by atoms with Crippen LogP contribution in [-0.4, -0.2) is 46.7 Å². The number of methoxy groups -OCH3 is 1. The zero-order valence-corrected chi connectivity index (χ0v) is 17.6. The summed E-state index contributed by atoms with van der Waals surface area (Å²) in [6.45, 7) is 4.85. The molecule has 1 amide bonds. The van der Waals surface area contributed by atoms with Crippen LogP contribution < -0.4 is 15.1 Å². The molecular formula is C20H28N3O3S+. The van der Waals surface area contributed by atoms with Gasteiger partial charge in [0.15, 0.2) is 6.54 Å². The fraction of sp³-hybridized carbons (Fsp3) is 0.400. The first kappa shape index (κ1) is 20.9. The Morgan fingerprint density at radius 1 is 1.19 bits per heavy atom. The molecule has 1 heterocycles. The first-order chi connectivity index (χ1) is 12.7. The third-order valence-corrected chi connectivity index (χ3v) is 5.57. The van der Waals surface area contributed by atoms with Crippen LogP contribution in [0.15, 0.2) is 24.3 Å². The van der Waals surface area contributed by atoms with Crippen molar-refractivity contribution in [3.8, 4) is 0 Å². The van der Waals surface area contributed by atoms with Crippen molar-refractivity contribution in [1.82, 2.24) is 0 Å². The molecule has 0 saturated carbocycles. The summed E-state index contributed by atoms with van der Waals surface area (Å²) in [5.74, 6) is -0.544. The van der Waals surface area contributed by atoms with E-state index < -0.39 is 5.97 Å². The third-order valence-electron chi connectivity index (χ3n) is 4.45. The number of anilines is 2. The van der Waals surface area contributed by atoms with Gasteiger partial charge >= 0.3 is 5.97 Å². The summed E-state index contributed by atoms with van der Waals surface area (Å²) in [5.41, 5.74) is 3.62. The van der Waals surface area contributed by atoms with E-state index in [1.807, 2.05) is 35.0 Å². The number of hydrogen-bond acceptors (Lipinski definition) is 5. The smallest absolute Gasteiger partial charge is 0.341 e. The number of nitrogens with one attached hydrogen (secondary N) is 2. The fourth-order valence-corrected chi connectivity index (χ4v) is 3.90. The maximum absolute atomic E-state index is 12.5. The van der Waals surface area contributed by atoms with Crippen molar-refractivity contribution >= 4 is 33.9 Å². The van der Waals surface area contributed by atoms with Gasteiger partial charge in [0.25, 0.3) is 5.91 Å². The number of nitrogens with zero attached hydrogens (tertiary/aromatic N) is 1. The lowest BCUT2D eigenvalue weighted by Crippen LogP contribution is -3.08. The number of aryl methyl sites for hydroxylation is 1. The van der Waals surface area contributed by atoms with E-state index in [2.05, 4.69) is 34.5 Å². The summed E-state index contributed by atoms with van der Waals surface area (Å²) < 4.78 is 4.85. The van der Waals surface area contributed by atoms with Gasteiger partial charge in [-0.2, -0.15) is 0 Å². The monoisotopic (exact) mass is 390 g/mol. The van der Waals surface area contributed by atoms with E-state index >= 15 is 0 Å². The molecule has 27 heavy (non-hydrogen) atoms. The Labute approximate surface area is 164 Å². The molecule has 1 aromatic heterocycles. The highest BCUT2D eigenvalue weighted by Gasteiger charge is 2.22. The second-order valence-electron chi connectivity index (χ2n) is 6.90. The number of hydrogen-bond donors (Lipinski definition) is 2. The van der Waals surface area contributed by atoms with E-state index in [9.17, 15) is 9.59 Å². The molecule has 1 atom stereocenters. The van der Waals surface area contributed by atoms with Gasteiger partial charge in [-0.25, -0.2) is 4.79 Å². The molecule has 146 valence electrons. The van der Waals surface area contributed by atoms with Gasteiger partial charge in [-0.15, -0.1) is 11.3 Å². The molecule has 1 unspecified atom stereocenters. The number of carbonyl (C=O) groups is 2. The maximum atomic E-state index is 12.5. The van der Waals surface area contributed by atoms with Gasteiger partial charge in [-0.3, -0.25) is 4.79 Å². The standard InChI is InChI=1S/C20H27N3O3S/c1-13-14(2)27-19(18(13)20(25)26-6)21-17(24)12-23(5)11-15-7-9-16(10-8-15)22(3)4/h7-10H,11-12H2,1-6H3,(H,21,24)/p+1. The van der Waals surface area contributed by atoms with E-state index in [4.69, 9.17) is 4.74 Å². The number of benzene rings is 1. The van der Waals surface area contributed by atoms with Crippen LogP contribution in [0.3, 0.4) is 0 Å². The Balaban J connectivity index is 1.99. The lowest BCUT2D eigenvalue weighted by molar-refractivity contribution is -0.885. The average molecular weight is 391 g/mol. The van der Waals surface area contributed by atoms with Crippen LogP contribution in [-0.2, 0) is 16.1 Å². The van der Waals surface area contributed by atoms with Gasteiger partial charge < -0.3 is 19.9 Å². The van der Waals surface area contributed by atoms with E-state index in [1.54, 1.807) is 0 Å². The predicted molar refractivity (Wildman–Crippen MR) is 110 cm³/mol. The van der Waals surface area contributed by atoms with Crippen LogP contribution >= 0.6 is 11.3 Å². The summed E-state index contributed by atoms with van der Waals surface area (Å²) in [6.07, 6.45) is 0. The van der Waals surface area contributed by atoms with Crippen LogP contribution in [0, 0.1) is 13.8 Å². The molecular weight excluding hydrogens is 362 g/mol. The normalized spacial score (nSPS) is 11.8. The Kier molecular flexibility index (Phi) is 6.98. The quantitative estimate of drug-likeness (QED) is 0.709. The molecule has 0 aliphatic heterocycles. The molecule has 2 rings (SSSR count). The average Bonchev–Trinajstić information content (AvgIpc) is 2.88. The molecule has 1 aromatic carbocycles. The number of quaternary nitrogens is 1. The first-order valence-corrected chi connectivity index (χ1v) is 9.60. The largest absolute Gasteiger partial charge is 0.465 e. The van der Waals surface area contributed by atoms with Gasteiger partial charge in [0.2, 0.25) is 0 Å². The molecule has 2 N–H and O–H groups in total. The van der Waals surface area contributed by atoms with Crippen molar-refractivity contribution < 1.29 is 19.2 Å². The summed E-state index contributed by atoms with van der Waals surface area (Å²) in [6, 6.07) is 8.31. The van der Waals surface area contributed by atoms with E-state index in [0.717, 1.165) is 27.6 Å². The minimum Gasteiger partial charge on any atom is -0.465 e. The number of rotatable bonds is 7. The molecule has 0 aliphatic carbocycles. The summed E-state index contributed by atoms with van der Waals surface area (Å²) in [4.78, 5) is 28.6. The molecule has 7 heteroatoms. The van der Waals surface area contributed by atoms with Crippen LogP contribution in [0.4, 0.5) is 10.7 Å². The van der Waals surface area contributed by atoms with Crippen LogP contribution in [0.2, 0.25) is 0 Å². The number of carbonyl (C=O) groups excluding carboxylic acids is 2. The minimum absolute atomic E-state index is 0.121. The van der Waals surface area contributed by atoms with E-state index in [1.165, 1.54) is 24.0 Å². The topological polar surface area (TPSA) is 63.1 Å². The van der Waals surface area contributed by atoms with Crippen LogP contribution in [0.1, 0.15) is 26.4 Å². The lowest BCUT2D eigenvalue weighted by Gasteiger charge is -2.16. The second-order valence-corrected chi connectivity index (χ2v) is 8.12. The highest BCUT2D eigenvalue weighted by Crippen LogP contribution is 2.32. The zero-order chi connectivity index (χ0) is 20.1. The van der Waals surface area contributed by atoms with Crippen LogP contribution in [0.25, 0.3) is 0 Å². The van der Waals surface area contributed by atoms with Gasteiger partial charge in [0.05, 0.1) is 19.7 Å². The molecule has 0 spiro atoms. The molecule has 2 aromatic rings. The zero-order valence-electron chi connectivity index (χ0n) is 16.8. The minimum atomic E-state index is -0.422. The summed E-state index contributed by atoms with van der Waals surface area (Å²) >= 11 is 1.40. The number of ether oxygens (including phenoxy) is 1. The third kappa shape index (κ3) is 5.30. The molecule has 0 radical (unpaired) electrons. The van der Waals surface area contributed by atoms with E-state index in [-0.39, 0.29) is 5.91 Å². The molecule has 0 aliphatic rings. The van der Waals surface area contributed by atoms with Gasteiger partial charge in [-0.05, 0) is 31.5 Å². The fourth-order valence-electron chi connectivity index (χ4n) is 2.83. The predicted octanol–water partition coefficient (Wildman–Crippen LogP) is 1.87. The van der Waals surface area contributed by atoms with Crippen molar-refractivity contribution in [3.05, 3.63) is 45.8 Å². The molecule has 0 fully saturated rings. The SMILES string of the molecule is COC(=O)c1c(NC(=O)C[NH+](C)Cc2ccc(N(C)C)cc2)sc(C)c1C. The number of thiophene rings is 1. The molecule has 6 nitrogen and oxygen atoms in total. The van der Waals surface area contributed by atoms with Crippen molar-refractivity contribution in [3.63, 3.8) is 0 Å². The second kappa shape index (κ2) is 9.01. The Hall–Kier alpha value is -2.38. The molecule has 0 bridgehead atoms. The van der Waals surface area contributed by atoms with Gasteiger partial charge in [-0.1, -0.05) is 12.1 Å². The Bertz CT molecular complexity index is 813. The number of esters is 1. The number of amides is 1. The summed E-state index contributed by atoms with van der Waals surface area (Å²) in [5, 5.41) is 3.44. The molecule has 0 saturated heterocycles. The summed E-state index contributed by atoms with van der Waals surface area (Å²) in [7, 11) is 7.34. The Morgan fingerprint density at radius 3 is 2.37 bits per heavy atom. The van der Waals surface area contributed by atoms with Crippen molar-refractivity contribution in [2.75, 3.05) is 45.0 Å². The number of likely N-dealkylation sites (N-methyl/N-ethyl adjacent to an activating group) is 1.